The van der Waals surface area contributed by atoms with Gasteiger partial charge in [-0.2, -0.15) is 0 Å². The van der Waals surface area contributed by atoms with Crippen LogP contribution in [0.3, 0.4) is 0 Å². The minimum Gasteiger partial charge on any atom is -0.439 e. The molecule has 1 saturated carbocycles. The standard InChI is InChI=1S/C25H31N3O2/c29-25(28-13-2-1-3-14-28)20-11-12-26-24(16-20)30-22-9-10-23-19(15-22)7-8-21(17-27-23)18-5-4-6-18/h9-12,15-16,18,21,27H,1-8,13-14,17H2. The maximum absolute atomic E-state index is 12.8. The van der Waals surface area contributed by atoms with Gasteiger partial charge in [0.15, 0.2) is 0 Å². The normalized spacial score (nSPS) is 21.7. The molecule has 2 fully saturated rings. The minimum atomic E-state index is 0.0788. The average molecular weight is 406 g/mol. The monoisotopic (exact) mass is 405 g/mol. The second-order valence-corrected chi connectivity index (χ2v) is 9.03. The summed E-state index contributed by atoms with van der Waals surface area (Å²) in [5.41, 5.74) is 3.20. The fourth-order valence-electron chi connectivity index (χ4n) is 5.01. The summed E-state index contributed by atoms with van der Waals surface area (Å²) >= 11 is 0. The lowest BCUT2D eigenvalue weighted by Crippen LogP contribution is -2.35. The lowest BCUT2D eigenvalue weighted by molar-refractivity contribution is 0.0724. The van der Waals surface area contributed by atoms with Crippen molar-refractivity contribution in [3.8, 4) is 11.6 Å². The first-order chi connectivity index (χ1) is 14.8. The molecule has 1 N–H and O–H groups in total. The summed E-state index contributed by atoms with van der Waals surface area (Å²) in [7, 11) is 0. The van der Waals surface area contributed by atoms with Gasteiger partial charge in [-0.3, -0.25) is 4.79 Å². The molecule has 2 aliphatic heterocycles. The summed E-state index contributed by atoms with van der Waals surface area (Å²) in [6.45, 7) is 2.77. The van der Waals surface area contributed by atoms with Crippen molar-refractivity contribution >= 4 is 11.6 Å². The number of rotatable bonds is 4. The second-order valence-electron chi connectivity index (χ2n) is 9.03. The third-order valence-corrected chi connectivity index (χ3v) is 7.08. The zero-order valence-corrected chi connectivity index (χ0v) is 17.6. The van der Waals surface area contributed by atoms with E-state index in [1.54, 1.807) is 18.3 Å². The van der Waals surface area contributed by atoms with Gasteiger partial charge >= 0.3 is 0 Å². The van der Waals surface area contributed by atoms with Crippen molar-refractivity contribution in [2.45, 2.75) is 51.4 Å². The molecule has 3 aliphatic rings. The van der Waals surface area contributed by atoms with Crippen molar-refractivity contribution in [3.05, 3.63) is 47.7 Å². The Morgan fingerprint density at radius 3 is 2.67 bits per heavy atom. The molecule has 1 unspecified atom stereocenters. The number of amides is 1. The van der Waals surface area contributed by atoms with Crippen molar-refractivity contribution in [2.75, 3.05) is 25.0 Å². The Labute approximate surface area is 178 Å². The predicted molar refractivity (Wildman–Crippen MR) is 118 cm³/mol. The van der Waals surface area contributed by atoms with Crippen molar-refractivity contribution in [1.82, 2.24) is 9.88 Å². The van der Waals surface area contributed by atoms with Crippen molar-refractivity contribution in [1.29, 1.82) is 0 Å². The number of anilines is 1. The maximum Gasteiger partial charge on any atom is 0.254 e. The number of pyridine rings is 1. The predicted octanol–water partition coefficient (Wildman–Crippen LogP) is 5.27. The fourth-order valence-corrected chi connectivity index (χ4v) is 5.01. The molecule has 1 saturated heterocycles. The van der Waals surface area contributed by atoms with E-state index in [1.807, 2.05) is 11.0 Å². The van der Waals surface area contributed by atoms with Crippen molar-refractivity contribution in [3.63, 3.8) is 0 Å². The van der Waals surface area contributed by atoms with Gasteiger partial charge in [0.25, 0.3) is 5.91 Å². The van der Waals surface area contributed by atoms with E-state index in [-0.39, 0.29) is 5.91 Å². The Morgan fingerprint density at radius 1 is 1.00 bits per heavy atom. The highest BCUT2D eigenvalue weighted by Crippen LogP contribution is 2.38. The molecule has 1 aromatic carbocycles. The highest BCUT2D eigenvalue weighted by Gasteiger charge is 2.28. The number of likely N-dealkylation sites (tertiary alicyclic amines) is 1. The number of aryl methyl sites for hydroxylation is 1. The molecular weight excluding hydrogens is 374 g/mol. The van der Waals surface area contributed by atoms with E-state index in [9.17, 15) is 4.79 Å². The number of aromatic nitrogens is 1. The van der Waals surface area contributed by atoms with E-state index in [4.69, 9.17) is 4.74 Å². The Balaban J connectivity index is 1.27. The second kappa shape index (κ2) is 8.66. The minimum absolute atomic E-state index is 0.0788. The number of hydrogen-bond acceptors (Lipinski definition) is 4. The van der Waals surface area contributed by atoms with Gasteiger partial charge in [0.1, 0.15) is 5.75 Å². The molecule has 1 aliphatic carbocycles. The third kappa shape index (κ3) is 4.16. The SMILES string of the molecule is O=C(c1ccnc(Oc2ccc3c(c2)CCC(C2CCC2)CN3)c1)N1CCCCC1. The molecule has 3 heterocycles. The molecule has 30 heavy (non-hydrogen) atoms. The lowest BCUT2D eigenvalue weighted by atomic mass is 9.74. The lowest BCUT2D eigenvalue weighted by Gasteiger charge is -2.33. The molecule has 5 rings (SSSR count). The van der Waals surface area contributed by atoms with Crippen LogP contribution in [0, 0.1) is 11.8 Å². The summed E-state index contributed by atoms with van der Waals surface area (Å²) in [4.78, 5) is 19.1. The first kappa shape index (κ1) is 19.4. The molecule has 1 aromatic heterocycles. The molecule has 0 bridgehead atoms. The molecule has 1 atom stereocenters. The van der Waals surface area contributed by atoms with Gasteiger partial charge in [0, 0.05) is 43.1 Å². The highest BCUT2D eigenvalue weighted by atomic mass is 16.5. The molecule has 5 nitrogen and oxygen atoms in total. The topological polar surface area (TPSA) is 54.5 Å². The van der Waals surface area contributed by atoms with Gasteiger partial charge in [-0.1, -0.05) is 19.3 Å². The van der Waals surface area contributed by atoms with Crippen LogP contribution in [0.25, 0.3) is 0 Å². The van der Waals surface area contributed by atoms with Crippen LogP contribution in [0.4, 0.5) is 5.69 Å². The van der Waals surface area contributed by atoms with Crippen LogP contribution < -0.4 is 10.1 Å². The average Bonchev–Trinajstić information content (AvgIpc) is 2.95. The summed E-state index contributed by atoms with van der Waals surface area (Å²) in [5.74, 6) is 3.04. The van der Waals surface area contributed by atoms with Gasteiger partial charge in [0.2, 0.25) is 5.88 Å². The summed E-state index contributed by atoms with van der Waals surface area (Å²) in [6.07, 6.45) is 11.6. The number of carbonyl (C=O) groups excluding carboxylic acids is 1. The van der Waals surface area contributed by atoms with Crippen LogP contribution in [-0.4, -0.2) is 35.4 Å². The largest absolute Gasteiger partial charge is 0.439 e. The van der Waals surface area contributed by atoms with Gasteiger partial charge in [-0.25, -0.2) is 4.98 Å². The van der Waals surface area contributed by atoms with Gasteiger partial charge < -0.3 is 15.0 Å². The molecule has 2 aromatic rings. The summed E-state index contributed by atoms with van der Waals surface area (Å²) in [6, 6.07) is 9.80. The Morgan fingerprint density at radius 2 is 1.87 bits per heavy atom. The molecule has 0 radical (unpaired) electrons. The van der Waals surface area contributed by atoms with Gasteiger partial charge in [0.05, 0.1) is 0 Å². The smallest absolute Gasteiger partial charge is 0.254 e. The summed E-state index contributed by atoms with van der Waals surface area (Å²) < 4.78 is 6.06. The molecule has 5 heteroatoms. The van der Waals surface area contributed by atoms with Crippen LogP contribution >= 0.6 is 0 Å². The molecule has 158 valence electrons. The van der Waals surface area contributed by atoms with Crippen LogP contribution in [-0.2, 0) is 6.42 Å². The van der Waals surface area contributed by atoms with Crippen molar-refractivity contribution in [2.24, 2.45) is 11.8 Å². The zero-order valence-electron chi connectivity index (χ0n) is 17.6. The van der Waals surface area contributed by atoms with E-state index < -0.39 is 0 Å². The van der Waals surface area contributed by atoms with Gasteiger partial charge in [-0.05, 0) is 73.8 Å². The number of nitrogens with zero attached hydrogens (tertiary/aromatic N) is 2. The van der Waals surface area contributed by atoms with Crippen molar-refractivity contribution < 1.29 is 9.53 Å². The van der Waals surface area contributed by atoms with E-state index in [0.717, 1.165) is 56.5 Å². The first-order valence-electron chi connectivity index (χ1n) is 11.6. The van der Waals surface area contributed by atoms with E-state index in [0.29, 0.717) is 11.4 Å². The number of ether oxygens (including phenoxy) is 1. The number of hydrogen-bond donors (Lipinski definition) is 1. The quantitative estimate of drug-likeness (QED) is 0.752. The third-order valence-electron chi connectivity index (χ3n) is 7.08. The zero-order chi connectivity index (χ0) is 20.3. The van der Waals surface area contributed by atoms with Gasteiger partial charge in [-0.15, -0.1) is 0 Å². The van der Waals surface area contributed by atoms with Crippen LogP contribution in [0.5, 0.6) is 11.6 Å². The molecular formula is C25H31N3O2. The van der Waals surface area contributed by atoms with Crippen LogP contribution in [0.2, 0.25) is 0 Å². The Bertz CT molecular complexity index is 903. The molecule has 0 spiro atoms. The number of benzene rings is 1. The van der Waals surface area contributed by atoms with E-state index in [2.05, 4.69) is 22.4 Å². The first-order valence-corrected chi connectivity index (χ1v) is 11.6. The summed E-state index contributed by atoms with van der Waals surface area (Å²) in [5, 5.41) is 3.65. The number of fused-ring (bicyclic) bond motifs is 1. The van der Waals surface area contributed by atoms with Crippen LogP contribution in [0.1, 0.15) is 60.9 Å². The maximum atomic E-state index is 12.8. The van der Waals surface area contributed by atoms with E-state index >= 15 is 0 Å². The fraction of sp³-hybridized carbons (Fsp3) is 0.520. The van der Waals surface area contributed by atoms with E-state index in [1.165, 1.54) is 43.4 Å². The van der Waals surface area contributed by atoms with Crippen LogP contribution in [0.15, 0.2) is 36.5 Å². The number of nitrogens with one attached hydrogen (secondary N) is 1. The number of carbonyl (C=O) groups is 1. The Kier molecular flexibility index (Phi) is 5.60. The Hall–Kier alpha value is -2.56. The number of piperidine rings is 1. The molecule has 1 amide bonds. The highest BCUT2D eigenvalue weighted by molar-refractivity contribution is 5.94.